The van der Waals surface area contributed by atoms with E-state index in [0.717, 1.165) is 42.1 Å². The zero-order valence-corrected chi connectivity index (χ0v) is 15.5. The third-order valence-corrected chi connectivity index (χ3v) is 5.16. The first kappa shape index (κ1) is 18.3. The maximum absolute atomic E-state index is 13.0. The fourth-order valence-corrected chi connectivity index (χ4v) is 3.71. The number of anilines is 1. The number of carbonyl (C=O) groups is 1. The lowest BCUT2D eigenvalue weighted by Crippen LogP contribution is -2.41. The second kappa shape index (κ2) is 8.30. The summed E-state index contributed by atoms with van der Waals surface area (Å²) in [6.45, 7) is 0. The van der Waals surface area contributed by atoms with Crippen LogP contribution in [0.4, 0.5) is 14.9 Å². The molecular formula is C23H23FN2O2. The zero-order chi connectivity index (χ0) is 19.3. The van der Waals surface area contributed by atoms with E-state index in [9.17, 15) is 9.18 Å². The van der Waals surface area contributed by atoms with E-state index in [1.54, 1.807) is 12.1 Å². The second-order valence-corrected chi connectivity index (χ2v) is 7.17. The van der Waals surface area contributed by atoms with Crippen molar-refractivity contribution in [3.05, 3.63) is 72.5 Å². The van der Waals surface area contributed by atoms with Crippen molar-refractivity contribution in [2.75, 3.05) is 5.32 Å². The summed E-state index contributed by atoms with van der Waals surface area (Å²) in [5.74, 6) is 0.420. The molecule has 144 valence electrons. The molecule has 0 radical (unpaired) electrons. The van der Waals surface area contributed by atoms with Crippen LogP contribution in [0.1, 0.15) is 25.7 Å². The molecule has 2 N–H and O–H groups in total. The van der Waals surface area contributed by atoms with E-state index in [2.05, 4.69) is 10.6 Å². The molecule has 2 amide bonds. The number of amides is 2. The predicted molar refractivity (Wildman–Crippen MR) is 109 cm³/mol. The zero-order valence-electron chi connectivity index (χ0n) is 15.5. The van der Waals surface area contributed by atoms with E-state index in [1.165, 1.54) is 12.1 Å². The van der Waals surface area contributed by atoms with Crippen LogP contribution in [0.25, 0.3) is 10.8 Å². The van der Waals surface area contributed by atoms with E-state index < -0.39 is 0 Å². The SMILES string of the molecule is O=C(Nc1cccc2ccccc12)NC1CCC(Oc2ccc(F)cc2)CC1. The number of carbonyl (C=O) groups excluding carboxylic acids is 1. The number of fused-ring (bicyclic) bond motifs is 1. The summed E-state index contributed by atoms with van der Waals surface area (Å²) < 4.78 is 18.9. The molecule has 4 nitrogen and oxygen atoms in total. The topological polar surface area (TPSA) is 50.4 Å². The van der Waals surface area contributed by atoms with Crippen LogP contribution in [-0.2, 0) is 0 Å². The smallest absolute Gasteiger partial charge is 0.319 e. The molecule has 0 unspecified atom stereocenters. The molecule has 1 aliphatic carbocycles. The minimum Gasteiger partial charge on any atom is -0.490 e. The highest BCUT2D eigenvalue weighted by molar-refractivity contribution is 6.01. The molecule has 28 heavy (non-hydrogen) atoms. The molecule has 0 aliphatic heterocycles. The lowest BCUT2D eigenvalue weighted by Gasteiger charge is -2.29. The standard InChI is InChI=1S/C23H23FN2O2/c24-17-8-12-19(13-9-17)28-20-14-10-18(11-15-20)25-23(27)26-22-7-3-5-16-4-1-2-6-21(16)22/h1-9,12-13,18,20H,10-11,14-15H2,(H2,25,26,27). The largest absolute Gasteiger partial charge is 0.490 e. The van der Waals surface area contributed by atoms with Crippen LogP contribution in [0.5, 0.6) is 5.75 Å². The van der Waals surface area contributed by atoms with Gasteiger partial charge in [0.1, 0.15) is 11.6 Å². The van der Waals surface area contributed by atoms with Crippen LogP contribution in [-0.4, -0.2) is 18.2 Å². The van der Waals surface area contributed by atoms with Crippen LogP contribution in [0.3, 0.4) is 0 Å². The van der Waals surface area contributed by atoms with Crippen molar-refractivity contribution in [2.45, 2.75) is 37.8 Å². The first-order valence-corrected chi connectivity index (χ1v) is 9.65. The highest BCUT2D eigenvalue weighted by atomic mass is 19.1. The Morgan fingerprint density at radius 3 is 2.39 bits per heavy atom. The van der Waals surface area contributed by atoms with Crippen LogP contribution >= 0.6 is 0 Å². The number of urea groups is 1. The summed E-state index contributed by atoms with van der Waals surface area (Å²) in [6.07, 6.45) is 3.53. The van der Waals surface area contributed by atoms with Crippen LogP contribution in [0.2, 0.25) is 0 Å². The summed E-state index contributed by atoms with van der Waals surface area (Å²) in [7, 11) is 0. The maximum atomic E-state index is 13.0. The Morgan fingerprint density at radius 1 is 0.893 bits per heavy atom. The van der Waals surface area contributed by atoms with Crippen molar-refractivity contribution in [3.8, 4) is 5.75 Å². The van der Waals surface area contributed by atoms with Gasteiger partial charge in [-0.25, -0.2) is 9.18 Å². The molecule has 1 aliphatic rings. The fourth-order valence-electron chi connectivity index (χ4n) is 3.71. The number of hydrogen-bond donors (Lipinski definition) is 2. The molecule has 0 bridgehead atoms. The Morgan fingerprint density at radius 2 is 1.61 bits per heavy atom. The molecule has 0 saturated heterocycles. The van der Waals surface area contributed by atoms with Gasteiger partial charge in [0, 0.05) is 11.4 Å². The van der Waals surface area contributed by atoms with Gasteiger partial charge >= 0.3 is 6.03 Å². The number of ether oxygens (including phenoxy) is 1. The highest BCUT2D eigenvalue weighted by Gasteiger charge is 2.23. The second-order valence-electron chi connectivity index (χ2n) is 7.17. The normalized spacial score (nSPS) is 19.2. The van der Waals surface area contributed by atoms with Gasteiger partial charge in [-0.15, -0.1) is 0 Å². The number of halogens is 1. The number of benzene rings is 3. The monoisotopic (exact) mass is 378 g/mol. The van der Waals surface area contributed by atoms with Gasteiger partial charge < -0.3 is 15.4 Å². The first-order valence-electron chi connectivity index (χ1n) is 9.65. The molecule has 4 rings (SSSR count). The van der Waals surface area contributed by atoms with Crippen LogP contribution in [0.15, 0.2) is 66.7 Å². The van der Waals surface area contributed by atoms with Gasteiger partial charge in [-0.05, 0) is 61.4 Å². The summed E-state index contributed by atoms with van der Waals surface area (Å²) in [4.78, 5) is 12.4. The van der Waals surface area contributed by atoms with Crippen molar-refractivity contribution >= 4 is 22.5 Å². The van der Waals surface area contributed by atoms with Crippen molar-refractivity contribution < 1.29 is 13.9 Å². The maximum Gasteiger partial charge on any atom is 0.319 e. The number of hydrogen-bond acceptors (Lipinski definition) is 2. The Kier molecular flexibility index (Phi) is 5.42. The van der Waals surface area contributed by atoms with Gasteiger partial charge in [0.25, 0.3) is 0 Å². The van der Waals surface area contributed by atoms with E-state index >= 15 is 0 Å². The molecule has 5 heteroatoms. The Labute approximate surface area is 163 Å². The third kappa shape index (κ3) is 4.42. The van der Waals surface area contributed by atoms with Gasteiger partial charge in [0.2, 0.25) is 0 Å². The van der Waals surface area contributed by atoms with Crippen molar-refractivity contribution in [2.24, 2.45) is 0 Å². The first-order chi connectivity index (χ1) is 13.7. The van der Waals surface area contributed by atoms with Crippen molar-refractivity contribution in [1.82, 2.24) is 5.32 Å². The summed E-state index contributed by atoms with van der Waals surface area (Å²) in [6, 6.07) is 19.9. The number of nitrogens with one attached hydrogen (secondary N) is 2. The molecule has 0 spiro atoms. The quantitative estimate of drug-likeness (QED) is 0.631. The Hall–Kier alpha value is -3.08. The highest BCUT2D eigenvalue weighted by Crippen LogP contribution is 2.25. The Balaban J connectivity index is 1.28. The summed E-state index contributed by atoms with van der Waals surface area (Å²) >= 11 is 0. The van der Waals surface area contributed by atoms with Crippen molar-refractivity contribution in [1.29, 1.82) is 0 Å². The average Bonchev–Trinajstić information content (AvgIpc) is 2.71. The van der Waals surface area contributed by atoms with Crippen molar-refractivity contribution in [3.63, 3.8) is 0 Å². The van der Waals surface area contributed by atoms with Gasteiger partial charge in [-0.3, -0.25) is 0 Å². The molecular weight excluding hydrogens is 355 g/mol. The van der Waals surface area contributed by atoms with Crippen LogP contribution in [0, 0.1) is 5.82 Å². The molecule has 0 atom stereocenters. The molecule has 3 aromatic carbocycles. The fraction of sp³-hybridized carbons (Fsp3) is 0.261. The summed E-state index contributed by atoms with van der Waals surface area (Å²) in [5.41, 5.74) is 0.809. The van der Waals surface area contributed by atoms with Gasteiger partial charge in [0.05, 0.1) is 11.8 Å². The molecule has 3 aromatic rings. The predicted octanol–water partition coefficient (Wildman–Crippen LogP) is 5.49. The molecule has 1 saturated carbocycles. The number of rotatable bonds is 4. The van der Waals surface area contributed by atoms with E-state index in [-0.39, 0.29) is 24.0 Å². The lowest BCUT2D eigenvalue weighted by atomic mass is 9.93. The Bertz CT molecular complexity index is 945. The summed E-state index contributed by atoms with van der Waals surface area (Å²) in [5, 5.41) is 8.16. The lowest BCUT2D eigenvalue weighted by molar-refractivity contribution is 0.141. The average molecular weight is 378 g/mol. The minimum atomic E-state index is -0.266. The van der Waals surface area contributed by atoms with Crippen LogP contribution < -0.4 is 15.4 Å². The van der Waals surface area contributed by atoms with E-state index in [4.69, 9.17) is 4.74 Å². The minimum absolute atomic E-state index is 0.102. The van der Waals surface area contributed by atoms with Gasteiger partial charge in [-0.1, -0.05) is 36.4 Å². The van der Waals surface area contributed by atoms with Gasteiger partial charge in [-0.2, -0.15) is 0 Å². The molecule has 0 heterocycles. The van der Waals surface area contributed by atoms with E-state index in [0.29, 0.717) is 5.75 Å². The van der Waals surface area contributed by atoms with E-state index in [1.807, 2.05) is 42.5 Å². The van der Waals surface area contributed by atoms with Gasteiger partial charge in [0.15, 0.2) is 0 Å². The molecule has 0 aromatic heterocycles. The molecule has 1 fully saturated rings. The third-order valence-electron chi connectivity index (χ3n) is 5.16.